The van der Waals surface area contributed by atoms with Gasteiger partial charge in [0, 0.05) is 64.0 Å². The predicted molar refractivity (Wildman–Crippen MR) is 132 cm³/mol. The first-order valence-corrected chi connectivity index (χ1v) is 12.0. The Morgan fingerprint density at radius 3 is 2.50 bits per heavy atom. The molecule has 0 radical (unpaired) electrons. The Balaban J connectivity index is 1.22. The molecule has 3 heterocycles. The van der Waals surface area contributed by atoms with E-state index in [1.165, 1.54) is 11.8 Å². The zero-order valence-electron chi connectivity index (χ0n) is 17.9. The number of aromatic nitrogens is 1. The van der Waals surface area contributed by atoms with Crippen molar-refractivity contribution in [3.63, 3.8) is 0 Å². The monoisotopic (exact) mass is 466 g/mol. The predicted octanol–water partition coefficient (Wildman–Crippen LogP) is 3.06. The molecule has 2 amide bonds. The number of piperazine rings is 1. The van der Waals surface area contributed by atoms with Crippen LogP contribution in [0.5, 0.6) is 0 Å². The maximum Gasteiger partial charge on any atom is 0.266 e. The number of thiocarbonyl (C=S) groups is 1. The van der Waals surface area contributed by atoms with Gasteiger partial charge in [0.25, 0.3) is 5.91 Å². The highest BCUT2D eigenvalue weighted by atomic mass is 32.2. The Morgan fingerprint density at radius 2 is 1.78 bits per heavy atom. The van der Waals surface area contributed by atoms with Gasteiger partial charge in [-0.2, -0.15) is 0 Å². The molecule has 8 heteroatoms. The molecule has 166 valence electrons. The van der Waals surface area contributed by atoms with Crippen molar-refractivity contribution in [3.8, 4) is 0 Å². The van der Waals surface area contributed by atoms with Crippen LogP contribution in [0.15, 0.2) is 59.6 Å². The van der Waals surface area contributed by atoms with Crippen molar-refractivity contribution in [2.75, 3.05) is 39.3 Å². The number of amides is 2. The van der Waals surface area contributed by atoms with Crippen LogP contribution < -0.4 is 0 Å². The van der Waals surface area contributed by atoms with Crippen LogP contribution in [0, 0.1) is 0 Å². The second-order valence-electron chi connectivity index (χ2n) is 7.79. The van der Waals surface area contributed by atoms with Crippen molar-refractivity contribution in [3.05, 3.63) is 70.9 Å². The quantitative estimate of drug-likeness (QED) is 0.462. The Morgan fingerprint density at radius 1 is 1.03 bits per heavy atom. The molecular formula is C24H26N4O2S2. The van der Waals surface area contributed by atoms with E-state index in [0.717, 1.165) is 37.3 Å². The maximum atomic E-state index is 12.8. The number of rotatable bonds is 7. The zero-order valence-corrected chi connectivity index (χ0v) is 19.5. The Labute approximate surface area is 198 Å². The lowest BCUT2D eigenvalue weighted by atomic mass is 10.2. The van der Waals surface area contributed by atoms with Gasteiger partial charge in [-0.15, -0.1) is 0 Å². The van der Waals surface area contributed by atoms with E-state index < -0.39 is 0 Å². The standard InChI is InChI=1S/C24H26N4O2S2/c29-22(27-16-14-26(15-17-27)12-9-20-8-4-5-11-25-20)10-13-28-23(30)21(32-24(28)31)18-19-6-2-1-3-7-19/h1-8,11,18H,9-10,12-17H2/b21-18-. The van der Waals surface area contributed by atoms with Crippen molar-refractivity contribution < 1.29 is 9.59 Å². The third-order valence-corrected chi connectivity index (χ3v) is 7.03. The molecule has 2 fully saturated rings. The van der Waals surface area contributed by atoms with E-state index in [2.05, 4.69) is 9.88 Å². The second-order valence-corrected chi connectivity index (χ2v) is 9.46. The van der Waals surface area contributed by atoms with Gasteiger partial charge in [-0.1, -0.05) is 60.4 Å². The molecule has 1 aromatic heterocycles. The topological polar surface area (TPSA) is 56.8 Å². The molecule has 2 aliphatic heterocycles. The van der Waals surface area contributed by atoms with E-state index in [1.54, 1.807) is 4.90 Å². The number of nitrogens with zero attached hydrogens (tertiary/aromatic N) is 4. The van der Waals surface area contributed by atoms with E-state index in [-0.39, 0.29) is 11.8 Å². The molecule has 2 aliphatic rings. The molecule has 0 spiro atoms. The molecule has 1 aromatic carbocycles. The fraction of sp³-hybridized carbons (Fsp3) is 0.333. The Kier molecular flexibility index (Phi) is 7.68. The van der Waals surface area contributed by atoms with Crippen LogP contribution in [0.3, 0.4) is 0 Å². The average Bonchev–Trinajstić information content (AvgIpc) is 3.09. The minimum atomic E-state index is -0.115. The van der Waals surface area contributed by atoms with Gasteiger partial charge in [0.15, 0.2) is 0 Å². The zero-order chi connectivity index (χ0) is 22.3. The highest BCUT2D eigenvalue weighted by Crippen LogP contribution is 2.32. The molecule has 0 atom stereocenters. The van der Waals surface area contributed by atoms with Gasteiger partial charge in [0.05, 0.1) is 4.91 Å². The summed E-state index contributed by atoms with van der Waals surface area (Å²) in [5.74, 6) is -0.0357. The number of benzene rings is 1. The molecule has 0 unspecified atom stereocenters. The number of hydrogen-bond acceptors (Lipinski definition) is 6. The van der Waals surface area contributed by atoms with Crippen LogP contribution in [-0.2, 0) is 16.0 Å². The van der Waals surface area contributed by atoms with Crippen LogP contribution in [0.25, 0.3) is 6.08 Å². The van der Waals surface area contributed by atoms with Crippen LogP contribution in [-0.4, -0.2) is 75.1 Å². The summed E-state index contributed by atoms with van der Waals surface area (Å²) in [6.45, 7) is 4.43. The third-order valence-electron chi connectivity index (χ3n) is 5.66. The summed E-state index contributed by atoms with van der Waals surface area (Å²) in [5, 5.41) is 0. The molecule has 4 rings (SSSR count). The van der Waals surface area contributed by atoms with Crippen molar-refractivity contribution in [1.82, 2.24) is 19.7 Å². The van der Waals surface area contributed by atoms with Gasteiger partial charge >= 0.3 is 0 Å². The summed E-state index contributed by atoms with van der Waals surface area (Å²) in [7, 11) is 0. The van der Waals surface area contributed by atoms with Crippen molar-refractivity contribution in [1.29, 1.82) is 0 Å². The normalized spacial score (nSPS) is 18.6. The molecule has 2 aromatic rings. The summed E-state index contributed by atoms with van der Waals surface area (Å²) in [6, 6.07) is 15.7. The highest BCUT2D eigenvalue weighted by Gasteiger charge is 2.32. The van der Waals surface area contributed by atoms with Gasteiger partial charge in [0.1, 0.15) is 4.32 Å². The molecule has 32 heavy (non-hydrogen) atoms. The summed E-state index contributed by atoms with van der Waals surface area (Å²) in [5.41, 5.74) is 2.06. The second kappa shape index (κ2) is 10.8. The number of pyridine rings is 1. The number of carbonyl (C=O) groups is 2. The number of carbonyl (C=O) groups excluding carboxylic acids is 2. The lowest BCUT2D eigenvalue weighted by molar-refractivity contribution is -0.133. The van der Waals surface area contributed by atoms with E-state index in [0.29, 0.717) is 35.3 Å². The van der Waals surface area contributed by atoms with Gasteiger partial charge < -0.3 is 4.90 Å². The Hall–Kier alpha value is -2.55. The Bertz CT molecular complexity index is 990. The lowest BCUT2D eigenvalue weighted by Gasteiger charge is -2.35. The van der Waals surface area contributed by atoms with Crippen molar-refractivity contribution >= 4 is 46.2 Å². The lowest BCUT2D eigenvalue weighted by Crippen LogP contribution is -2.49. The summed E-state index contributed by atoms with van der Waals surface area (Å²) >= 11 is 6.69. The first-order chi connectivity index (χ1) is 15.6. The third kappa shape index (κ3) is 5.82. The first kappa shape index (κ1) is 22.6. The first-order valence-electron chi connectivity index (χ1n) is 10.8. The SMILES string of the molecule is O=C(CCN1C(=O)/C(=C/c2ccccc2)SC1=S)N1CCN(CCc2ccccn2)CC1. The summed E-state index contributed by atoms with van der Waals surface area (Å²) in [4.78, 5) is 36.3. The van der Waals surface area contributed by atoms with Crippen LogP contribution >= 0.6 is 24.0 Å². The van der Waals surface area contributed by atoms with Crippen LogP contribution in [0.2, 0.25) is 0 Å². The van der Waals surface area contributed by atoms with Crippen LogP contribution in [0.1, 0.15) is 17.7 Å². The van der Waals surface area contributed by atoms with Gasteiger partial charge in [0.2, 0.25) is 5.91 Å². The molecular weight excluding hydrogens is 440 g/mol. The smallest absolute Gasteiger partial charge is 0.266 e. The van der Waals surface area contributed by atoms with Crippen molar-refractivity contribution in [2.45, 2.75) is 12.8 Å². The van der Waals surface area contributed by atoms with Gasteiger partial charge in [-0.25, -0.2) is 0 Å². The summed E-state index contributed by atoms with van der Waals surface area (Å²) < 4.78 is 0.518. The minimum absolute atomic E-state index is 0.0791. The van der Waals surface area contributed by atoms with Gasteiger partial charge in [-0.05, 0) is 23.8 Å². The van der Waals surface area contributed by atoms with E-state index in [1.807, 2.05) is 65.7 Å². The largest absolute Gasteiger partial charge is 0.340 e. The van der Waals surface area contributed by atoms with Crippen molar-refractivity contribution in [2.24, 2.45) is 0 Å². The molecule has 6 nitrogen and oxygen atoms in total. The number of hydrogen-bond donors (Lipinski definition) is 0. The van der Waals surface area contributed by atoms with E-state index in [9.17, 15) is 9.59 Å². The fourth-order valence-electron chi connectivity index (χ4n) is 3.80. The molecule has 0 bridgehead atoms. The highest BCUT2D eigenvalue weighted by molar-refractivity contribution is 8.26. The molecule has 2 saturated heterocycles. The van der Waals surface area contributed by atoms with Gasteiger partial charge in [-0.3, -0.25) is 24.4 Å². The molecule has 0 saturated carbocycles. The molecule has 0 N–H and O–H groups in total. The maximum absolute atomic E-state index is 12.8. The molecule has 0 aliphatic carbocycles. The minimum Gasteiger partial charge on any atom is -0.340 e. The average molecular weight is 467 g/mol. The number of thioether (sulfide) groups is 1. The van der Waals surface area contributed by atoms with E-state index >= 15 is 0 Å². The van der Waals surface area contributed by atoms with E-state index in [4.69, 9.17) is 12.2 Å². The van der Waals surface area contributed by atoms with Crippen LogP contribution in [0.4, 0.5) is 0 Å². The fourth-order valence-corrected chi connectivity index (χ4v) is 5.11. The summed E-state index contributed by atoms with van der Waals surface area (Å²) in [6.07, 6.45) is 4.88.